The number of nitrogens with one attached hydrogen (secondary N) is 1. The van der Waals surface area contributed by atoms with Gasteiger partial charge in [0.05, 0.1) is 11.3 Å². The highest BCUT2D eigenvalue weighted by Gasteiger charge is 2.44. The van der Waals surface area contributed by atoms with Gasteiger partial charge in [-0.2, -0.15) is 0 Å². The van der Waals surface area contributed by atoms with Crippen LogP contribution in [-0.2, 0) is 6.54 Å². The molecule has 98 valence electrons. The number of aromatic carboxylic acids is 1. The first-order chi connectivity index (χ1) is 8.53. The summed E-state index contributed by atoms with van der Waals surface area (Å²) in [5.74, 6) is -0.217. The summed E-state index contributed by atoms with van der Waals surface area (Å²) < 4.78 is 0. The number of hydrogen-bond donors (Lipinski definition) is 2. The van der Waals surface area contributed by atoms with Crippen LogP contribution in [-0.4, -0.2) is 22.6 Å². The third-order valence-corrected chi connectivity index (χ3v) is 3.97. The van der Waals surface area contributed by atoms with Crippen molar-refractivity contribution in [2.24, 2.45) is 11.3 Å². The van der Waals surface area contributed by atoms with E-state index >= 15 is 0 Å². The summed E-state index contributed by atoms with van der Waals surface area (Å²) in [6, 6.07) is 3.37. The van der Waals surface area contributed by atoms with Gasteiger partial charge in [0, 0.05) is 19.3 Å². The standard InChI is InChI=1S/C14H20N2O2/c1-10(2)14(5-6-14)9-15-8-12-4-3-11(7-16-12)13(17)18/h3-4,7,10,15H,5-6,8-9H2,1-2H3,(H,17,18). The van der Waals surface area contributed by atoms with E-state index in [0.29, 0.717) is 17.9 Å². The predicted molar refractivity (Wildman–Crippen MR) is 69.4 cm³/mol. The van der Waals surface area contributed by atoms with Crippen LogP contribution in [0.3, 0.4) is 0 Å². The van der Waals surface area contributed by atoms with Gasteiger partial charge in [0.25, 0.3) is 0 Å². The Morgan fingerprint density at radius 2 is 2.22 bits per heavy atom. The number of carbonyl (C=O) groups is 1. The zero-order chi connectivity index (χ0) is 13.2. The highest BCUT2D eigenvalue weighted by atomic mass is 16.4. The molecule has 0 radical (unpaired) electrons. The highest BCUT2D eigenvalue weighted by molar-refractivity contribution is 5.87. The summed E-state index contributed by atoms with van der Waals surface area (Å²) in [5, 5.41) is 12.2. The predicted octanol–water partition coefficient (Wildman–Crippen LogP) is 2.31. The molecule has 0 aliphatic heterocycles. The van der Waals surface area contributed by atoms with E-state index in [2.05, 4.69) is 24.1 Å². The second kappa shape index (κ2) is 5.06. The zero-order valence-corrected chi connectivity index (χ0v) is 10.9. The molecular formula is C14H20N2O2. The number of hydrogen-bond acceptors (Lipinski definition) is 3. The molecule has 1 heterocycles. The molecule has 1 aromatic rings. The lowest BCUT2D eigenvalue weighted by atomic mass is 9.92. The third-order valence-electron chi connectivity index (χ3n) is 3.97. The van der Waals surface area contributed by atoms with Crippen molar-refractivity contribution in [2.75, 3.05) is 6.54 Å². The number of aromatic nitrogens is 1. The fourth-order valence-corrected chi connectivity index (χ4v) is 2.21. The van der Waals surface area contributed by atoms with E-state index in [1.807, 2.05) is 0 Å². The summed E-state index contributed by atoms with van der Waals surface area (Å²) >= 11 is 0. The smallest absolute Gasteiger partial charge is 0.337 e. The van der Waals surface area contributed by atoms with Crippen LogP contribution in [0.5, 0.6) is 0 Å². The molecule has 2 N–H and O–H groups in total. The van der Waals surface area contributed by atoms with Crippen molar-refractivity contribution < 1.29 is 9.90 Å². The van der Waals surface area contributed by atoms with Gasteiger partial charge >= 0.3 is 5.97 Å². The molecule has 0 bridgehead atoms. The zero-order valence-electron chi connectivity index (χ0n) is 10.9. The van der Waals surface area contributed by atoms with Crippen LogP contribution < -0.4 is 5.32 Å². The Kier molecular flexibility index (Phi) is 3.66. The molecule has 2 rings (SSSR count). The Morgan fingerprint density at radius 1 is 1.50 bits per heavy atom. The highest BCUT2D eigenvalue weighted by Crippen LogP contribution is 2.51. The van der Waals surface area contributed by atoms with Gasteiger partial charge in [-0.25, -0.2) is 4.79 Å². The Morgan fingerprint density at radius 3 is 2.67 bits per heavy atom. The van der Waals surface area contributed by atoms with Gasteiger partial charge in [0.15, 0.2) is 0 Å². The molecule has 0 spiro atoms. The molecule has 4 nitrogen and oxygen atoms in total. The van der Waals surface area contributed by atoms with Gasteiger partial charge in [-0.05, 0) is 36.3 Å². The van der Waals surface area contributed by atoms with Crippen LogP contribution in [0.4, 0.5) is 0 Å². The molecule has 1 fully saturated rings. The minimum absolute atomic E-state index is 0.236. The summed E-state index contributed by atoms with van der Waals surface area (Å²) in [7, 11) is 0. The molecule has 1 aromatic heterocycles. The fraction of sp³-hybridized carbons (Fsp3) is 0.571. The average molecular weight is 248 g/mol. The van der Waals surface area contributed by atoms with Crippen LogP contribution >= 0.6 is 0 Å². The SMILES string of the molecule is CC(C)C1(CNCc2ccc(C(=O)O)cn2)CC1. The van der Waals surface area contributed by atoms with Crippen molar-refractivity contribution in [1.82, 2.24) is 10.3 Å². The lowest BCUT2D eigenvalue weighted by Gasteiger charge is -2.19. The average Bonchev–Trinajstić information content (AvgIpc) is 3.11. The minimum Gasteiger partial charge on any atom is -0.478 e. The maximum Gasteiger partial charge on any atom is 0.337 e. The van der Waals surface area contributed by atoms with Crippen molar-refractivity contribution >= 4 is 5.97 Å². The Labute approximate surface area is 107 Å². The fourth-order valence-electron chi connectivity index (χ4n) is 2.21. The monoisotopic (exact) mass is 248 g/mol. The summed E-state index contributed by atoms with van der Waals surface area (Å²) in [5.41, 5.74) is 1.61. The van der Waals surface area contributed by atoms with Gasteiger partial charge in [-0.15, -0.1) is 0 Å². The molecule has 0 amide bonds. The van der Waals surface area contributed by atoms with Gasteiger partial charge in [-0.1, -0.05) is 13.8 Å². The van der Waals surface area contributed by atoms with Gasteiger partial charge in [0.2, 0.25) is 0 Å². The molecule has 1 saturated carbocycles. The first kappa shape index (κ1) is 13.0. The molecule has 0 aromatic carbocycles. The lowest BCUT2D eigenvalue weighted by Crippen LogP contribution is -2.27. The van der Waals surface area contributed by atoms with Crippen molar-refractivity contribution in [3.8, 4) is 0 Å². The molecule has 1 aliphatic carbocycles. The summed E-state index contributed by atoms with van der Waals surface area (Å²) in [4.78, 5) is 14.8. The van der Waals surface area contributed by atoms with Crippen LogP contribution in [0, 0.1) is 11.3 Å². The number of carboxylic acids is 1. The van der Waals surface area contributed by atoms with Gasteiger partial charge in [0.1, 0.15) is 0 Å². The Hall–Kier alpha value is -1.42. The quantitative estimate of drug-likeness (QED) is 0.811. The topological polar surface area (TPSA) is 62.2 Å². The first-order valence-electron chi connectivity index (χ1n) is 6.42. The Bertz CT molecular complexity index is 422. The van der Waals surface area contributed by atoms with E-state index in [1.54, 1.807) is 12.1 Å². The molecule has 0 unspecified atom stereocenters. The van der Waals surface area contributed by atoms with Crippen molar-refractivity contribution in [1.29, 1.82) is 0 Å². The van der Waals surface area contributed by atoms with Gasteiger partial charge < -0.3 is 10.4 Å². The van der Waals surface area contributed by atoms with E-state index in [-0.39, 0.29) is 5.56 Å². The van der Waals surface area contributed by atoms with Crippen LogP contribution in [0.15, 0.2) is 18.3 Å². The third kappa shape index (κ3) is 2.88. The molecule has 1 aliphatic rings. The molecular weight excluding hydrogens is 228 g/mol. The van der Waals surface area contributed by atoms with Crippen LogP contribution in [0.2, 0.25) is 0 Å². The van der Waals surface area contributed by atoms with Crippen molar-refractivity contribution in [2.45, 2.75) is 33.2 Å². The molecule has 18 heavy (non-hydrogen) atoms. The number of pyridine rings is 1. The van der Waals surface area contributed by atoms with E-state index in [0.717, 1.165) is 12.2 Å². The largest absolute Gasteiger partial charge is 0.478 e. The molecule has 4 heteroatoms. The summed E-state index contributed by atoms with van der Waals surface area (Å²) in [6.07, 6.45) is 4.03. The number of rotatable bonds is 6. The van der Waals surface area contributed by atoms with Crippen molar-refractivity contribution in [3.63, 3.8) is 0 Å². The lowest BCUT2D eigenvalue weighted by molar-refractivity contribution is 0.0696. The number of carboxylic acid groups (broad SMARTS) is 1. The van der Waals surface area contributed by atoms with Crippen LogP contribution in [0.1, 0.15) is 42.7 Å². The molecule has 0 saturated heterocycles. The van der Waals surface area contributed by atoms with E-state index in [9.17, 15) is 4.79 Å². The minimum atomic E-state index is -0.932. The maximum absolute atomic E-state index is 10.7. The van der Waals surface area contributed by atoms with Gasteiger partial charge in [-0.3, -0.25) is 4.98 Å². The summed E-state index contributed by atoms with van der Waals surface area (Å²) in [6.45, 7) is 6.27. The van der Waals surface area contributed by atoms with E-state index in [1.165, 1.54) is 19.0 Å². The second-order valence-electron chi connectivity index (χ2n) is 5.46. The Balaban J connectivity index is 1.82. The second-order valence-corrected chi connectivity index (χ2v) is 5.46. The van der Waals surface area contributed by atoms with E-state index in [4.69, 9.17) is 5.11 Å². The van der Waals surface area contributed by atoms with E-state index < -0.39 is 5.97 Å². The van der Waals surface area contributed by atoms with Crippen LogP contribution in [0.25, 0.3) is 0 Å². The number of nitrogens with zero attached hydrogens (tertiary/aromatic N) is 1. The molecule has 0 atom stereocenters. The van der Waals surface area contributed by atoms with Crippen molar-refractivity contribution in [3.05, 3.63) is 29.6 Å². The normalized spacial score (nSPS) is 16.8. The maximum atomic E-state index is 10.7. The first-order valence-corrected chi connectivity index (χ1v) is 6.42.